The number of nitrogens with one attached hydrogen (secondary N) is 1. The highest BCUT2D eigenvalue weighted by Gasteiger charge is 2.07. The predicted octanol–water partition coefficient (Wildman–Crippen LogP) is 1.88. The van der Waals surface area contributed by atoms with Crippen molar-refractivity contribution in [1.82, 2.24) is 9.97 Å². The van der Waals surface area contributed by atoms with E-state index in [2.05, 4.69) is 15.3 Å². The highest BCUT2D eigenvalue weighted by molar-refractivity contribution is 6.30. The third-order valence-electron chi connectivity index (χ3n) is 2.10. The molecule has 15 heavy (non-hydrogen) atoms. The molecule has 1 rings (SSSR count). The summed E-state index contributed by atoms with van der Waals surface area (Å²) >= 11 is 5.93. The number of nitrogens with zero attached hydrogens (tertiary/aromatic N) is 2. The zero-order valence-electron chi connectivity index (χ0n) is 9.00. The van der Waals surface area contributed by atoms with Crippen LogP contribution in [0.1, 0.15) is 25.8 Å². The number of hydrogen-bond donors (Lipinski definition) is 2. The zero-order valence-corrected chi connectivity index (χ0v) is 9.75. The molecule has 0 aromatic carbocycles. The van der Waals surface area contributed by atoms with Crippen molar-refractivity contribution in [1.29, 1.82) is 0 Å². The van der Waals surface area contributed by atoms with E-state index in [4.69, 9.17) is 16.7 Å². The van der Waals surface area contributed by atoms with E-state index < -0.39 is 0 Å². The van der Waals surface area contributed by atoms with Gasteiger partial charge in [0.2, 0.25) is 0 Å². The molecule has 5 heteroatoms. The van der Waals surface area contributed by atoms with Crippen molar-refractivity contribution in [3.05, 3.63) is 17.0 Å². The maximum atomic E-state index is 9.11. The first-order valence-corrected chi connectivity index (χ1v) is 5.44. The van der Waals surface area contributed by atoms with Crippen molar-refractivity contribution in [3.8, 4) is 0 Å². The molecule has 0 bridgehead atoms. The fraction of sp³-hybridized carbons (Fsp3) is 0.600. The molecule has 1 unspecified atom stereocenters. The first-order chi connectivity index (χ1) is 7.15. The molecule has 0 saturated carbocycles. The van der Waals surface area contributed by atoms with Crippen LogP contribution in [0, 0.1) is 0 Å². The van der Waals surface area contributed by atoms with Gasteiger partial charge in [0.15, 0.2) is 0 Å². The van der Waals surface area contributed by atoms with Crippen molar-refractivity contribution in [2.45, 2.75) is 32.8 Å². The molecule has 0 aliphatic heterocycles. The van der Waals surface area contributed by atoms with Crippen molar-refractivity contribution in [2.24, 2.45) is 0 Å². The Morgan fingerprint density at radius 2 is 2.27 bits per heavy atom. The summed E-state index contributed by atoms with van der Waals surface area (Å²) < 4.78 is 0. The summed E-state index contributed by atoms with van der Waals surface area (Å²) in [5, 5.41) is 12.7. The lowest BCUT2D eigenvalue weighted by molar-refractivity contribution is 0.188. The summed E-state index contributed by atoms with van der Waals surface area (Å²) in [5.41, 5.74) is 0.921. The Balaban J connectivity index is 2.64. The molecule has 84 valence electrons. The van der Waals surface area contributed by atoms with Crippen molar-refractivity contribution in [2.75, 3.05) is 11.9 Å². The minimum atomic E-state index is -0.306. The fourth-order valence-corrected chi connectivity index (χ4v) is 1.52. The lowest BCUT2D eigenvalue weighted by Gasteiger charge is -2.10. The van der Waals surface area contributed by atoms with Crippen LogP contribution in [0.2, 0.25) is 5.15 Å². The highest BCUT2D eigenvalue weighted by atomic mass is 35.5. The number of rotatable bonds is 5. The van der Waals surface area contributed by atoms with Crippen LogP contribution in [0.5, 0.6) is 0 Å². The van der Waals surface area contributed by atoms with E-state index in [1.807, 2.05) is 6.92 Å². The van der Waals surface area contributed by atoms with Gasteiger partial charge in [-0.05, 0) is 19.8 Å². The second-order valence-corrected chi connectivity index (χ2v) is 3.77. The van der Waals surface area contributed by atoms with E-state index in [0.717, 1.165) is 17.8 Å². The molecule has 0 radical (unpaired) electrons. The number of anilines is 1. The molecule has 0 saturated heterocycles. The van der Waals surface area contributed by atoms with Crippen molar-refractivity contribution >= 4 is 17.4 Å². The molecule has 0 spiro atoms. The van der Waals surface area contributed by atoms with E-state index in [1.54, 1.807) is 6.92 Å². The van der Waals surface area contributed by atoms with Gasteiger partial charge >= 0.3 is 0 Å². The number of aliphatic hydroxyl groups excluding tert-OH is 1. The third-order valence-corrected chi connectivity index (χ3v) is 2.43. The molecule has 1 atom stereocenters. The Morgan fingerprint density at radius 3 is 2.87 bits per heavy atom. The van der Waals surface area contributed by atoms with Gasteiger partial charge in [-0.1, -0.05) is 18.5 Å². The topological polar surface area (TPSA) is 58.0 Å². The highest BCUT2D eigenvalue weighted by Crippen LogP contribution is 2.19. The van der Waals surface area contributed by atoms with Gasteiger partial charge in [0, 0.05) is 12.1 Å². The summed E-state index contributed by atoms with van der Waals surface area (Å²) in [7, 11) is 0. The van der Waals surface area contributed by atoms with E-state index in [-0.39, 0.29) is 6.10 Å². The molecule has 0 amide bonds. The van der Waals surface area contributed by atoms with Crippen molar-refractivity contribution < 1.29 is 5.11 Å². The Kier molecular flexibility index (Phi) is 4.78. The number of aliphatic hydroxyl groups is 1. The van der Waals surface area contributed by atoms with Crippen molar-refractivity contribution in [3.63, 3.8) is 0 Å². The van der Waals surface area contributed by atoms with Crippen LogP contribution in [0.15, 0.2) is 6.33 Å². The monoisotopic (exact) mass is 229 g/mol. The van der Waals surface area contributed by atoms with Crippen LogP contribution in [-0.2, 0) is 6.42 Å². The van der Waals surface area contributed by atoms with Crippen LogP contribution in [0.4, 0.5) is 5.82 Å². The Bertz CT molecular complexity index is 318. The molecule has 4 nitrogen and oxygen atoms in total. The first-order valence-electron chi connectivity index (χ1n) is 5.06. The average molecular weight is 230 g/mol. The Morgan fingerprint density at radius 1 is 1.53 bits per heavy atom. The zero-order chi connectivity index (χ0) is 11.3. The van der Waals surface area contributed by atoms with Crippen LogP contribution in [-0.4, -0.2) is 27.7 Å². The largest absolute Gasteiger partial charge is 0.393 e. The van der Waals surface area contributed by atoms with Crippen LogP contribution < -0.4 is 5.32 Å². The van der Waals surface area contributed by atoms with E-state index >= 15 is 0 Å². The summed E-state index contributed by atoms with van der Waals surface area (Å²) in [6.07, 6.45) is 2.60. The smallest absolute Gasteiger partial charge is 0.137 e. The summed E-state index contributed by atoms with van der Waals surface area (Å²) in [4.78, 5) is 8.04. The van der Waals surface area contributed by atoms with Gasteiger partial charge in [-0.15, -0.1) is 0 Å². The molecular formula is C10H16ClN3O. The quantitative estimate of drug-likeness (QED) is 0.757. The Hall–Kier alpha value is -0.870. The second kappa shape index (κ2) is 5.88. The third kappa shape index (κ3) is 3.64. The normalized spacial score (nSPS) is 12.5. The lowest BCUT2D eigenvalue weighted by Crippen LogP contribution is -2.12. The minimum Gasteiger partial charge on any atom is -0.393 e. The molecule has 0 aliphatic rings. The van der Waals surface area contributed by atoms with E-state index in [0.29, 0.717) is 18.1 Å². The summed E-state index contributed by atoms with van der Waals surface area (Å²) in [5.74, 6) is 0.762. The Labute approximate surface area is 94.7 Å². The molecule has 1 aromatic rings. The van der Waals surface area contributed by atoms with Crippen LogP contribution in [0.25, 0.3) is 0 Å². The summed E-state index contributed by atoms with van der Waals surface area (Å²) in [6, 6.07) is 0. The average Bonchev–Trinajstić information content (AvgIpc) is 2.17. The molecule has 1 heterocycles. The van der Waals surface area contributed by atoms with Gasteiger partial charge in [-0.3, -0.25) is 0 Å². The van der Waals surface area contributed by atoms with E-state index in [9.17, 15) is 0 Å². The van der Waals surface area contributed by atoms with Gasteiger partial charge in [0.05, 0.1) is 6.10 Å². The fourth-order valence-electron chi connectivity index (χ4n) is 1.26. The van der Waals surface area contributed by atoms with Gasteiger partial charge < -0.3 is 10.4 Å². The number of hydrogen-bond acceptors (Lipinski definition) is 4. The minimum absolute atomic E-state index is 0.306. The first kappa shape index (κ1) is 12.2. The molecular weight excluding hydrogens is 214 g/mol. The number of halogens is 1. The predicted molar refractivity (Wildman–Crippen MR) is 61.2 cm³/mol. The molecule has 0 aliphatic carbocycles. The van der Waals surface area contributed by atoms with Gasteiger partial charge in [-0.2, -0.15) is 0 Å². The second-order valence-electron chi connectivity index (χ2n) is 3.41. The SMILES string of the molecule is CCc1c(Cl)ncnc1NCCC(C)O. The maximum Gasteiger partial charge on any atom is 0.137 e. The molecule has 0 fully saturated rings. The van der Waals surface area contributed by atoms with Crippen LogP contribution >= 0.6 is 11.6 Å². The van der Waals surface area contributed by atoms with Gasteiger partial charge in [0.1, 0.15) is 17.3 Å². The standard InChI is InChI=1S/C10H16ClN3O/c1-3-8-9(11)13-6-14-10(8)12-5-4-7(2)15/h6-7,15H,3-5H2,1-2H3,(H,12,13,14). The summed E-state index contributed by atoms with van der Waals surface area (Å²) in [6.45, 7) is 4.44. The van der Waals surface area contributed by atoms with Crippen LogP contribution in [0.3, 0.4) is 0 Å². The number of aromatic nitrogens is 2. The molecule has 1 aromatic heterocycles. The lowest BCUT2D eigenvalue weighted by atomic mass is 10.2. The van der Waals surface area contributed by atoms with E-state index in [1.165, 1.54) is 6.33 Å². The maximum absolute atomic E-state index is 9.11. The van der Waals surface area contributed by atoms with Gasteiger partial charge in [0.25, 0.3) is 0 Å². The molecule has 2 N–H and O–H groups in total. The van der Waals surface area contributed by atoms with Gasteiger partial charge in [-0.25, -0.2) is 9.97 Å².